The van der Waals surface area contributed by atoms with Crippen LogP contribution in [0.4, 0.5) is 0 Å². The van der Waals surface area contributed by atoms with E-state index in [9.17, 15) is 4.79 Å². The fourth-order valence-electron chi connectivity index (χ4n) is 2.07. The van der Waals surface area contributed by atoms with Crippen LogP contribution in [0.2, 0.25) is 0 Å². The molecule has 0 N–H and O–H groups in total. The van der Waals surface area contributed by atoms with Crippen molar-refractivity contribution in [2.45, 2.75) is 27.1 Å². The van der Waals surface area contributed by atoms with E-state index in [0.29, 0.717) is 23.7 Å². The monoisotopic (exact) mass is 304 g/mol. The maximum atomic E-state index is 11.9. The highest BCUT2D eigenvalue weighted by molar-refractivity contribution is 5.39. The number of hydrogen-bond acceptors (Lipinski definition) is 5. The van der Waals surface area contributed by atoms with Gasteiger partial charge >= 0.3 is 5.63 Å². The predicted molar refractivity (Wildman–Crippen MR) is 81.9 cm³/mol. The molecule has 0 saturated carbocycles. The number of hydrogen-bond donors (Lipinski definition) is 0. The summed E-state index contributed by atoms with van der Waals surface area (Å²) in [6.07, 6.45) is 0. The summed E-state index contributed by atoms with van der Waals surface area (Å²) < 4.78 is 21.3. The molecule has 0 aliphatic heterocycles. The molecule has 0 atom stereocenters. The van der Waals surface area contributed by atoms with Crippen molar-refractivity contribution in [1.82, 2.24) is 0 Å². The normalized spacial score (nSPS) is 10.7. The minimum atomic E-state index is -0.421. The van der Waals surface area contributed by atoms with Crippen molar-refractivity contribution >= 4 is 0 Å². The van der Waals surface area contributed by atoms with Gasteiger partial charge < -0.3 is 18.6 Å². The van der Waals surface area contributed by atoms with Crippen LogP contribution >= 0.6 is 0 Å². The first-order valence-corrected chi connectivity index (χ1v) is 7.00. The minimum absolute atomic E-state index is 0.0788. The second-order valence-electron chi connectivity index (χ2n) is 4.92. The zero-order valence-electron chi connectivity index (χ0n) is 13.0. The Morgan fingerprint density at radius 1 is 1.05 bits per heavy atom. The van der Waals surface area contributed by atoms with E-state index >= 15 is 0 Å². The lowest BCUT2D eigenvalue weighted by molar-refractivity contribution is 0.0481. The highest BCUT2D eigenvalue weighted by atomic mass is 16.7. The molecule has 0 fully saturated rings. The molecule has 22 heavy (non-hydrogen) atoms. The second-order valence-corrected chi connectivity index (χ2v) is 4.92. The summed E-state index contributed by atoms with van der Waals surface area (Å²) in [7, 11) is 1.53. The Morgan fingerprint density at radius 2 is 1.77 bits per heavy atom. The quantitative estimate of drug-likeness (QED) is 0.736. The van der Waals surface area contributed by atoms with Gasteiger partial charge in [0.05, 0.1) is 12.2 Å². The Labute approximate surface area is 129 Å². The van der Waals surface area contributed by atoms with Gasteiger partial charge in [-0.1, -0.05) is 30.3 Å². The largest absolute Gasteiger partial charge is 0.467 e. The molecule has 2 rings (SSSR count). The molecule has 0 saturated heterocycles. The topological polar surface area (TPSA) is 57.9 Å². The van der Waals surface area contributed by atoms with Gasteiger partial charge in [-0.15, -0.1) is 0 Å². The molecule has 5 heteroatoms. The van der Waals surface area contributed by atoms with Gasteiger partial charge in [0.25, 0.3) is 0 Å². The Hall–Kier alpha value is -2.11. The van der Waals surface area contributed by atoms with E-state index < -0.39 is 5.63 Å². The average Bonchev–Trinajstić information content (AvgIpc) is 2.53. The van der Waals surface area contributed by atoms with Crippen molar-refractivity contribution in [2.24, 2.45) is 0 Å². The van der Waals surface area contributed by atoms with E-state index in [0.717, 1.165) is 11.1 Å². The molecule has 0 amide bonds. The van der Waals surface area contributed by atoms with Crippen LogP contribution in [-0.2, 0) is 22.7 Å². The molecule has 118 valence electrons. The van der Waals surface area contributed by atoms with Crippen molar-refractivity contribution < 1.29 is 18.6 Å². The van der Waals surface area contributed by atoms with E-state index in [1.807, 2.05) is 37.3 Å². The van der Waals surface area contributed by atoms with Crippen LogP contribution in [0.25, 0.3) is 0 Å². The predicted octanol–water partition coefficient (Wildman–Crippen LogP) is 2.96. The zero-order chi connectivity index (χ0) is 15.9. The summed E-state index contributed by atoms with van der Waals surface area (Å²) >= 11 is 0. The van der Waals surface area contributed by atoms with Gasteiger partial charge in [0.1, 0.15) is 18.1 Å². The molecule has 5 nitrogen and oxygen atoms in total. The fourth-order valence-corrected chi connectivity index (χ4v) is 2.07. The van der Waals surface area contributed by atoms with Crippen molar-refractivity contribution in [1.29, 1.82) is 0 Å². The van der Waals surface area contributed by atoms with Crippen LogP contribution in [0.15, 0.2) is 39.5 Å². The molecule has 0 aliphatic rings. The van der Waals surface area contributed by atoms with Gasteiger partial charge in [-0.3, -0.25) is 0 Å². The lowest BCUT2D eigenvalue weighted by Gasteiger charge is -2.13. The molecular formula is C17H20O5. The third kappa shape index (κ3) is 3.96. The molecule has 1 aromatic carbocycles. The molecule has 0 aliphatic carbocycles. The van der Waals surface area contributed by atoms with Gasteiger partial charge in [0.2, 0.25) is 0 Å². The second kappa shape index (κ2) is 7.77. The molecule has 0 unspecified atom stereocenters. The molecule has 0 radical (unpaired) electrons. The maximum Gasteiger partial charge on any atom is 0.342 e. The first-order valence-electron chi connectivity index (χ1n) is 7.00. The van der Waals surface area contributed by atoms with Crippen LogP contribution in [0.5, 0.6) is 5.75 Å². The summed E-state index contributed by atoms with van der Waals surface area (Å²) in [5, 5.41) is 0. The highest BCUT2D eigenvalue weighted by Gasteiger charge is 2.15. The summed E-state index contributed by atoms with van der Waals surface area (Å²) in [6.45, 7) is 4.24. The fraction of sp³-hybridized carbons (Fsp3) is 0.353. The number of benzene rings is 1. The summed E-state index contributed by atoms with van der Waals surface area (Å²) in [5.74, 6) is 0.967. The molecule has 1 aromatic heterocycles. The van der Waals surface area contributed by atoms with E-state index in [1.54, 1.807) is 6.92 Å². The maximum absolute atomic E-state index is 11.9. The first-order chi connectivity index (χ1) is 10.6. The summed E-state index contributed by atoms with van der Waals surface area (Å²) in [4.78, 5) is 11.9. The van der Waals surface area contributed by atoms with Crippen LogP contribution in [0, 0.1) is 13.8 Å². The Bertz CT molecular complexity index is 661. The van der Waals surface area contributed by atoms with Gasteiger partial charge in [0, 0.05) is 12.7 Å². The summed E-state index contributed by atoms with van der Waals surface area (Å²) in [5.41, 5.74) is 1.82. The van der Waals surface area contributed by atoms with Gasteiger partial charge in [-0.05, 0) is 19.4 Å². The molecule has 0 bridgehead atoms. The Kier molecular flexibility index (Phi) is 5.75. The van der Waals surface area contributed by atoms with E-state index in [2.05, 4.69) is 0 Å². The van der Waals surface area contributed by atoms with Gasteiger partial charge in [-0.25, -0.2) is 4.79 Å². The first kappa shape index (κ1) is 16.3. The SMILES string of the molecule is COCOc1c(C)c(COCc2ccccc2)oc(=O)c1C. The molecular weight excluding hydrogens is 284 g/mol. The average molecular weight is 304 g/mol. The van der Waals surface area contributed by atoms with Crippen molar-refractivity contribution in [3.05, 3.63) is 63.2 Å². The third-order valence-electron chi connectivity index (χ3n) is 3.29. The van der Waals surface area contributed by atoms with Crippen molar-refractivity contribution in [2.75, 3.05) is 13.9 Å². The van der Waals surface area contributed by atoms with E-state index in [1.165, 1.54) is 7.11 Å². The number of methoxy groups -OCH3 is 1. The van der Waals surface area contributed by atoms with Crippen LogP contribution in [0.1, 0.15) is 22.5 Å². The van der Waals surface area contributed by atoms with Crippen molar-refractivity contribution in [3.63, 3.8) is 0 Å². The summed E-state index contributed by atoms with van der Waals surface area (Å²) in [6, 6.07) is 9.81. The lowest BCUT2D eigenvalue weighted by Crippen LogP contribution is -2.13. The number of ether oxygens (including phenoxy) is 3. The van der Waals surface area contributed by atoms with Crippen molar-refractivity contribution in [3.8, 4) is 5.75 Å². The van der Waals surface area contributed by atoms with Crippen LogP contribution in [0.3, 0.4) is 0 Å². The third-order valence-corrected chi connectivity index (χ3v) is 3.29. The smallest absolute Gasteiger partial charge is 0.342 e. The van der Waals surface area contributed by atoms with Crippen LogP contribution < -0.4 is 10.4 Å². The van der Waals surface area contributed by atoms with E-state index in [4.69, 9.17) is 18.6 Å². The zero-order valence-corrected chi connectivity index (χ0v) is 13.0. The standard InChI is InChI=1S/C17H20O5/c1-12-15(10-20-9-14-7-5-4-6-8-14)22-17(18)13(2)16(12)21-11-19-3/h4-8H,9-11H2,1-3H3. The van der Waals surface area contributed by atoms with Gasteiger partial charge in [-0.2, -0.15) is 0 Å². The van der Waals surface area contributed by atoms with Gasteiger partial charge in [0.15, 0.2) is 6.79 Å². The minimum Gasteiger partial charge on any atom is -0.467 e. The molecule has 0 spiro atoms. The van der Waals surface area contributed by atoms with E-state index in [-0.39, 0.29) is 13.4 Å². The Balaban J connectivity index is 2.10. The highest BCUT2D eigenvalue weighted by Crippen LogP contribution is 2.24. The Morgan fingerprint density at radius 3 is 2.45 bits per heavy atom. The number of rotatable bonds is 7. The molecule has 1 heterocycles. The van der Waals surface area contributed by atoms with Crippen LogP contribution in [-0.4, -0.2) is 13.9 Å². The molecule has 2 aromatic rings. The lowest BCUT2D eigenvalue weighted by atomic mass is 10.1.